The summed E-state index contributed by atoms with van der Waals surface area (Å²) in [7, 11) is 0. The van der Waals surface area contributed by atoms with Crippen molar-refractivity contribution in [2.45, 2.75) is 25.4 Å². The number of Topliss-reactive ketones (excluding diaryl/α,β-unsaturated/α-hetero) is 2. The summed E-state index contributed by atoms with van der Waals surface area (Å²) in [6, 6.07) is 11.0. The highest BCUT2D eigenvalue weighted by Gasteiger charge is 2.30. The van der Waals surface area contributed by atoms with Crippen LogP contribution in [0.2, 0.25) is 0 Å². The van der Waals surface area contributed by atoms with E-state index in [2.05, 4.69) is 0 Å². The van der Waals surface area contributed by atoms with Gasteiger partial charge < -0.3 is 14.6 Å². The molecular weight excluding hydrogens is 476 g/mol. The number of aldehydes is 1. The van der Waals surface area contributed by atoms with Crippen LogP contribution in [0.15, 0.2) is 48.5 Å². The van der Waals surface area contributed by atoms with E-state index >= 15 is 0 Å². The van der Waals surface area contributed by atoms with Gasteiger partial charge in [0.1, 0.15) is 17.9 Å². The molecule has 0 bridgehead atoms. The molecule has 2 heterocycles. The van der Waals surface area contributed by atoms with Crippen LogP contribution in [-0.2, 0) is 19.1 Å². The van der Waals surface area contributed by atoms with Gasteiger partial charge in [-0.15, -0.1) is 0 Å². The number of hydrogen-bond donors (Lipinski definition) is 1. The lowest BCUT2D eigenvalue weighted by Crippen LogP contribution is -2.32. The molecule has 0 saturated carbocycles. The monoisotopic (exact) mass is 502 g/mol. The molecule has 12 nitrogen and oxygen atoms in total. The van der Waals surface area contributed by atoms with Gasteiger partial charge in [-0.3, -0.25) is 34.6 Å². The minimum atomic E-state index is -0.974. The van der Waals surface area contributed by atoms with E-state index in [0.29, 0.717) is 62.3 Å². The summed E-state index contributed by atoms with van der Waals surface area (Å²) < 4.78 is 10.1. The van der Waals surface area contributed by atoms with Crippen molar-refractivity contribution < 1.29 is 38.8 Å². The molecule has 0 radical (unpaired) electrons. The number of aliphatic hydroxyl groups excluding tert-OH is 1. The summed E-state index contributed by atoms with van der Waals surface area (Å²) >= 11 is 0. The van der Waals surface area contributed by atoms with E-state index in [-0.39, 0.29) is 23.8 Å². The number of ether oxygens (including phenoxy) is 2. The predicted octanol–water partition coefficient (Wildman–Crippen LogP) is 3.01. The molecule has 2 saturated heterocycles. The van der Waals surface area contributed by atoms with Gasteiger partial charge in [-0.25, -0.2) is 0 Å². The van der Waals surface area contributed by atoms with Crippen LogP contribution < -0.4 is 0 Å². The van der Waals surface area contributed by atoms with Gasteiger partial charge in [0, 0.05) is 49.1 Å². The minimum Gasteiger partial charge on any atom is -0.388 e. The first-order valence-corrected chi connectivity index (χ1v) is 11.0. The predicted molar refractivity (Wildman–Crippen MR) is 126 cm³/mol. The average Bonchev–Trinajstić information content (AvgIpc) is 2.90. The standard InChI is InChI=1S/C12H13NO5.C7H5NO3.C5H8O2/c14-11-5-6-18-7-10(11)12(15)8-1-3-9(4-2-8)13(16)17;9-5-6-1-3-7(4-2-6)8(10)11;6-5-1-3-7-4-2-5/h1-4,10,12,15H,5-7H2;1-5H;1-4H2/t10-,12+;;/m1../s1. The van der Waals surface area contributed by atoms with Crippen LogP contribution in [0.3, 0.4) is 0 Å². The van der Waals surface area contributed by atoms with E-state index in [1.54, 1.807) is 0 Å². The average molecular weight is 502 g/mol. The summed E-state index contributed by atoms with van der Waals surface area (Å²) in [6.07, 6.45) is 1.22. The number of hydrogen-bond acceptors (Lipinski definition) is 10. The number of aliphatic hydroxyl groups is 1. The van der Waals surface area contributed by atoms with Crippen molar-refractivity contribution in [1.29, 1.82) is 0 Å². The largest absolute Gasteiger partial charge is 0.388 e. The first-order valence-electron chi connectivity index (χ1n) is 11.0. The molecule has 0 unspecified atom stereocenters. The molecule has 12 heteroatoms. The molecule has 0 amide bonds. The van der Waals surface area contributed by atoms with Gasteiger partial charge in [-0.1, -0.05) is 0 Å². The number of ketones is 2. The summed E-state index contributed by atoms with van der Waals surface area (Å²) in [5.74, 6) is -0.279. The van der Waals surface area contributed by atoms with E-state index in [0.717, 1.165) is 0 Å². The van der Waals surface area contributed by atoms with Gasteiger partial charge in [0.15, 0.2) is 0 Å². The molecule has 0 aliphatic carbocycles. The topological polar surface area (TPSA) is 176 Å². The van der Waals surface area contributed by atoms with Crippen molar-refractivity contribution in [3.63, 3.8) is 0 Å². The molecular formula is C24H26N2O10. The van der Waals surface area contributed by atoms with Crippen molar-refractivity contribution in [3.8, 4) is 0 Å². The number of carbonyl (C=O) groups is 3. The lowest BCUT2D eigenvalue weighted by atomic mass is 9.90. The third kappa shape index (κ3) is 9.06. The van der Waals surface area contributed by atoms with Crippen molar-refractivity contribution in [2.24, 2.45) is 5.92 Å². The molecule has 2 aliphatic heterocycles. The molecule has 1 N–H and O–H groups in total. The molecule has 0 spiro atoms. The zero-order chi connectivity index (χ0) is 26.5. The Hall–Kier alpha value is -3.87. The number of non-ortho nitro benzene ring substituents is 2. The normalized spacial score (nSPS) is 18.0. The van der Waals surface area contributed by atoms with E-state index in [1.165, 1.54) is 48.5 Å². The van der Waals surface area contributed by atoms with Crippen LogP contribution in [0.4, 0.5) is 11.4 Å². The van der Waals surface area contributed by atoms with Gasteiger partial charge in [0.05, 0.1) is 48.3 Å². The zero-order valence-electron chi connectivity index (χ0n) is 19.3. The molecule has 192 valence electrons. The minimum absolute atomic E-state index is 0.00407. The Morgan fingerprint density at radius 1 is 0.833 bits per heavy atom. The lowest BCUT2D eigenvalue weighted by molar-refractivity contribution is -0.385. The first-order chi connectivity index (χ1) is 17.2. The van der Waals surface area contributed by atoms with Crippen LogP contribution in [0.25, 0.3) is 0 Å². The maximum atomic E-state index is 11.6. The number of nitro benzene ring substituents is 2. The van der Waals surface area contributed by atoms with Gasteiger partial charge >= 0.3 is 0 Å². The molecule has 2 aromatic carbocycles. The second-order valence-corrected chi connectivity index (χ2v) is 7.81. The van der Waals surface area contributed by atoms with Crippen molar-refractivity contribution in [2.75, 3.05) is 26.4 Å². The molecule has 36 heavy (non-hydrogen) atoms. The van der Waals surface area contributed by atoms with Crippen LogP contribution in [0, 0.1) is 26.1 Å². The Bertz CT molecular complexity index is 1050. The second kappa shape index (κ2) is 14.5. The SMILES string of the molecule is O=C1CCOCC1.O=C1CCOC[C@H]1[C@@H](O)c1ccc([N+](=O)[O-])cc1.O=Cc1ccc([N+](=O)[O-])cc1. The van der Waals surface area contributed by atoms with Crippen LogP contribution in [-0.4, -0.2) is 59.2 Å². The fraction of sp³-hybridized carbons (Fsp3) is 0.375. The number of nitrogens with zero attached hydrogens (tertiary/aromatic N) is 2. The number of benzene rings is 2. The molecule has 2 aliphatic rings. The summed E-state index contributed by atoms with van der Waals surface area (Å²) in [5.41, 5.74) is 0.882. The fourth-order valence-electron chi connectivity index (χ4n) is 3.23. The maximum Gasteiger partial charge on any atom is 0.269 e. The third-order valence-electron chi connectivity index (χ3n) is 5.32. The highest BCUT2D eigenvalue weighted by atomic mass is 16.6. The molecule has 4 rings (SSSR count). The summed E-state index contributed by atoms with van der Waals surface area (Å²) in [6.45, 7) is 1.86. The highest BCUT2D eigenvalue weighted by molar-refractivity contribution is 5.82. The van der Waals surface area contributed by atoms with Gasteiger partial charge in [-0.05, 0) is 29.8 Å². The van der Waals surface area contributed by atoms with E-state index in [1.807, 2.05) is 0 Å². The van der Waals surface area contributed by atoms with Crippen molar-refractivity contribution >= 4 is 29.2 Å². The Morgan fingerprint density at radius 2 is 1.33 bits per heavy atom. The number of rotatable bonds is 5. The van der Waals surface area contributed by atoms with Gasteiger partial charge in [0.25, 0.3) is 11.4 Å². The third-order valence-corrected chi connectivity index (χ3v) is 5.32. The van der Waals surface area contributed by atoms with Crippen molar-refractivity contribution in [3.05, 3.63) is 79.9 Å². The molecule has 0 aromatic heterocycles. The summed E-state index contributed by atoms with van der Waals surface area (Å²) in [5, 5.41) is 30.7. The van der Waals surface area contributed by atoms with Gasteiger partial charge in [0.2, 0.25) is 0 Å². The molecule has 2 fully saturated rings. The highest BCUT2D eigenvalue weighted by Crippen LogP contribution is 2.27. The Kier molecular flexibility index (Phi) is 11.4. The maximum absolute atomic E-state index is 11.6. The van der Waals surface area contributed by atoms with Gasteiger partial charge in [-0.2, -0.15) is 0 Å². The molecule has 2 atom stereocenters. The second-order valence-electron chi connectivity index (χ2n) is 7.81. The Morgan fingerprint density at radius 3 is 1.75 bits per heavy atom. The van der Waals surface area contributed by atoms with E-state index < -0.39 is 21.9 Å². The van der Waals surface area contributed by atoms with Crippen molar-refractivity contribution in [1.82, 2.24) is 0 Å². The van der Waals surface area contributed by atoms with Crippen LogP contribution in [0.1, 0.15) is 41.3 Å². The van der Waals surface area contributed by atoms with Crippen LogP contribution >= 0.6 is 0 Å². The summed E-state index contributed by atoms with van der Waals surface area (Å²) in [4.78, 5) is 51.7. The zero-order valence-corrected chi connectivity index (χ0v) is 19.3. The van der Waals surface area contributed by atoms with E-state index in [9.17, 15) is 39.7 Å². The smallest absolute Gasteiger partial charge is 0.269 e. The Labute approximate surface area is 206 Å². The Balaban J connectivity index is 0.000000214. The van der Waals surface area contributed by atoms with E-state index in [4.69, 9.17) is 9.47 Å². The fourth-order valence-corrected chi connectivity index (χ4v) is 3.23. The first kappa shape index (κ1) is 28.4. The quantitative estimate of drug-likeness (QED) is 0.363. The lowest BCUT2D eigenvalue weighted by Gasteiger charge is -2.25. The molecule has 2 aromatic rings. The number of nitro groups is 2. The number of carbonyl (C=O) groups excluding carboxylic acids is 3. The van der Waals surface area contributed by atoms with Crippen LogP contribution in [0.5, 0.6) is 0 Å².